The highest BCUT2D eigenvalue weighted by atomic mass is 29.9. The van der Waals surface area contributed by atoms with Crippen LogP contribution in [-0.4, -0.2) is 46.8 Å². The van der Waals surface area contributed by atoms with Crippen LogP contribution >= 0.6 is 0 Å². The molecular weight excluding hydrogens is 521 g/mol. The van der Waals surface area contributed by atoms with Gasteiger partial charge >= 0.3 is 0 Å². The first-order chi connectivity index (χ1) is 17.6. The van der Waals surface area contributed by atoms with Crippen LogP contribution in [0.15, 0.2) is 36.4 Å². The Morgan fingerprint density at radius 2 is 1.08 bits per heavy atom. The fourth-order valence-electron chi connectivity index (χ4n) is 7.83. The standard InChI is InChI=1S/C30H58O3Si4/c1-11-34(12-2,13-3)37(35(14-4,15-5)16-6,36(17-7,18-8)19-9)33-30(32)27(10)29(31)26-25-28-23-21-20-22-24-28/h20-27,29,31H,11-19H2,1-10H3/b26-25+/t27-,29+/m0/s1. The molecule has 0 aliphatic carbocycles. The summed E-state index contributed by atoms with van der Waals surface area (Å²) in [6.45, 7) is 21.3. The largest absolute Gasteiger partial charge is 0.527 e. The molecule has 0 radical (unpaired) electrons. The highest BCUT2D eigenvalue weighted by molar-refractivity contribution is 7.88. The molecule has 0 bridgehead atoms. The van der Waals surface area contributed by atoms with Crippen molar-refractivity contribution in [2.24, 2.45) is 5.92 Å². The van der Waals surface area contributed by atoms with Gasteiger partial charge in [0.25, 0.3) is 5.97 Å². The summed E-state index contributed by atoms with van der Waals surface area (Å²) in [7, 11) is -5.67. The fourth-order valence-corrected chi connectivity index (χ4v) is 107. The quantitative estimate of drug-likeness (QED) is 0.188. The molecule has 1 rings (SSSR count). The Hall–Kier alpha value is -0.742. The summed E-state index contributed by atoms with van der Waals surface area (Å²) in [5, 5.41) is 11.1. The van der Waals surface area contributed by atoms with E-state index in [4.69, 9.17) is 4.43 Å². The minimum Gasteiger partial charge on any atom is -0.527 e. The van der Waals surface area contributed by atoms with Gasteiger partial charge < -0.3 is 9.53 Å². The van der Waals surface area contributed by atoms with Gasteiger partial charge in [-0.3, -0.25) is 4.79 Å². The molecule has 2 atom stereocenters. The highest BCUT2D eigenvalue weighted by Crippen LogP contribution is 2.51. The van der Waals surface area contributed by atoms with Crippen LogP contribution in [0.1, 0.15) is 74.8 Å². The topological polar surface area (TPSA) is 46.5 Å². The van der Waals surface area contributed by atoms with Crippen LogP contribution in [-0.2, 0) is 9.22 Å². The molecule has 37 heavy (non-hydrogen) atoms. The van der Waals surface area contributed by atoms with Crippen molar-refractivity contribution in [2.45, 2.75) is 130 Å². The number of hydrogen-bond acceptors (Lipinski definition) is 3. The first kappa shape index (κ1) is 34.3. The molecule has 0 saturated carbocycles. The maximum atomic E-state index is 14.3. The molecule has 0 saturated heterocycles. The Balaban J connectivity index is 3.83. The van der Waals surface area contributed by atoms with E-state index in [2.05, 4.69) is 62.3 Å². The van der Waals surface area contributed by atoms with Gasteiger partial charge in [-0.2, -0.15) is 0 Å². The van der Waals surface area contributed by atoms with Gasteiger partial charge in [0.05, 0.1) is 34.8 Å². The molecule has 0 fully saturated rings. The second kappa shape index (κ2) is 15.2. The minimum atomic E-state index is -2.46. The van der Waals surface area contributed by atoms with Gasteiger partial charge in [0.2, 0.25) is 6.87 Å². The molecule has 0 heterocycles. The lowest BCUT2D eigenvalue weighted by molar-refractivity contribution is -0.141. The molecule has 0 aliphatic rings. The van der Waals surface area contributed by atoms with Crippen LogP contribution in [0.3, 0.4) is 0 Å². The maximum Gasteiger partial charge on any atom is 0.297 e. The Labute approximate surface area is 233 Å². The van der Waals surface area contributed by atoms with E-state index in [1.807, 2.05) is 43.3 Å². The van der Waals surface area contributed by atoms with E-state index >= 15 is 0 Å². The Morgan fingerprint density at radius 3 is 1.41 bits per heavy atom. The van der Waals surface area contributed by atoms with Gasteiger partial charge in [0.1, 0.15) is 0 Å². The van der Waals surface area contributed by atoms with Crippen LogP contribution in [0.25, 0.3) is 6.08 Å². The first-order valence-corrected chi connectivity index (χ1v) is 28.0. The van der Waals surface area contributed by atoms with Gasteiger partial charge in [-0.25, -0.2) is 0 Å². The smallest absolute Gasteiger partial charge is 0.297 e. The molecule has 0 amide bonds. The highest BCUT2D eigenvalue weighted by Gasteiger charge is 2.74. The summed E-state index contributed by atoms with van der Waals surface area (Å²) in [5.41, 5.74) is 1.03. The summed E-state index contributed by atoms with van der Waals surface area (Å²) >= 11 is 0. The Bertz CT molecular complexity index is 755. The number of aliphatic hydroxyl groups is 1. The van der Waals surface area contributed by atoms with Crippen LogP contribution in [0.4, 0.5) is 0 Å². The van der Waals surface area contributed by atoms with Crippen molar-refractivity contribution in [3.8, 4) is 0 Å². The molecule has 212 valence electrons. The van der Waals surface area contributed by atoms with E-state index < -0.39 is 41.7 Å². The summed E-state index contributed by atoms with van der Waals surface area (Å²) in [6.07, 6.45) is 2.86. The molecule has 7 heteroatoms. The Morgan fingerprint density at radius 1 is 0.730 bits per heavy atom. The summed E-state index contributed by atoms with van der Waals surface area (Å²) in [4.78, 5) is 14.3. The summed E-state index contributed by atoms with van der Waals surface area (Å²) < 4.78 is 7.48. The molecule has 1 aromatic carbocycles. The molecule has 1 aromatic rings. The van der Waals surface area contributed by atoms with Gasteiger partial charge in [-0.15, -0.1) is 0 Å². The van der Waals surface area contributed by atoms with E-state index in [0.717, 1.165) is 5.56 Å². The van der Waals surface area contributed by atoms with E-state index in [1.165, 1.54) is 54.4 Å². The maximum absolute atomic E-state index is 14.3. The molecule has 3 nitrogen and oxygen atoms in total. The van der Waals surface area contributed by atoms with Gasteiger partial charge in [0.15, 0.2) is 0 Å². The molecular formula is C30H58O3Si4. The zero-order valence-electron chi connectivity index (χ0n) is 25.8. The second-order valence-corrected chi connectivity index (χ2v) is 47.2. The van der Waals surface area contributed by atoms with Crippen LogP contribution in [0.2, 0.25) is 54.4 Å². The van der Waals surface area contributed by atoms with Crippen molar-refractivity contribution in [1.82, 2.24) is 0 Å². The van der Waals surface area contributed by atoms with Gasteiger partial charge in [-0.05, 0) is 12.5 Å². The SMILES string of the molecule is CC[Si](CC)(CC)[Si](OC(=O)[C@@H](C)[C@H](O)/C=C/c1ccccc1)([Si](CC)(CC)CC)[Si](CC)(CC)CC. The number of carbonyl (C=O) groups excluding carboxylic acids is 1. The van der Waals surface area contributed by atoms with Crippen LogP contribution in [0, 0.1) is 5.92 Å². The lowest BCUT2D eigenvalue weighted by atomic mass is 10.0. The molecule has 0 aliphatic heterocycles. The second-order valence-electron chi connectivity index (χ2n) is 11.2. The Kier molecular flexibility index (Phi) is 14.0. The van der Waals surface area contributed by atoms with Gasteiger partial charge in [-0.1, -0.05) is 159 Å². The molecule has 0 aromatic heterocycles. The third-order valence-corrected chi connectivity index (χ3v) is 80.5. The zero-order chi connectivity index (χ0) is 28.3. The lowest BCUT2D eigenvalue weighted by Crippen LogP contribution is -2.90. The average Bonchev–Trinajstić information content (AvgIpc) is 2.95. The van der Waals surface area contributed by atoms with E-state index in [9.17, 15) is 9.90 Å². The van der Waals surface area contributed by atoms with Crippen molar-refractivity contribution >= 4 is 41.7 Å². The monoisotopic (exact) mass is 578 g/mol. The summed E-state index contributed by atoms with van der Waals surface area (Å²) in [5.74, 6) is -0.665. The number of carbonyl (C=O) groups is 1. The van der Waals surface area contributed by atoms with Crippen molar-refractivity contribution in [1.29, 1.82) is 0 Å². The van der Waals surface area contributed by atoms with E-state index in [0.29, 0.717) is 0 Å². The fraction of sp³-hybridized carbons (Fsp3) is 0.700. The number of hydrogen-bond donors (Lipinski definition) is 1. The zero-order valence-corrected chi connectivity index (χ0v) is 29.8. The predicted octanol–water partition coefficient (Wildman–Crippen LogP) is 8.95. The van der Waals surface area contributed by atoms with Gasteiger partial charge in [0, 0.05) is 0 Å². The first-order valence-electron chi connectivity index (χ1n) is 15.2. The molecule has 0 spiro atoms. The number of aliphatic hydroxyl groups excluding tert-OH is 1. The molecule has 1 N–H and O–H groups in total. The average molecular weight is 579 g/mol. The van der Waals surface area contributed by atoms with E-state index in [-0.39, 0.29) is 5.97 Å². The van der Waals surface area contributed by atoms with Crippen LogP contribution < -0.4 is 0 Å². The normalized spacial score (nSPS) is 15.1. The van der Waals surface area contributed by atoms with Crippen molar-refractivity contribution < 1.29 is 14.3 Å². The van der Waals surface area contributed by atoms with Crippen LogP contribution in [0.5, 0.6) is 0 Å². The molecule has 0 unspecified atom stereocenters. The number of rotatable bonds is 17. The van der Waals surface area contributed by atoms with Crippen molar-refractivity contribution in [3.63, 3.8) is 0 Å². The minimum absolute atomic E-state index is 0.108. The number of benzene rings is 1. The third-order valence-electron chi connectivity index (χ3n) is 10.8. The third kappa shape index (κ3) is 6.21. The lowest BCUT2D eigenvalue weighted by Gasteiger charge is -2.63. The summed E-state index contributed by atoms with van der Waals surface area (Å²) in [6, 6.07) is 21.1. The van der Waals surface area contributed by atoms with Crippen molar-refractivity contribution in [3.05, 3.63) is 42.0 Å². The predicted molar refractivity (Wildman–Crippen MR) is 174 cm³/mol. The van der Waals surface area contributed by atoms with Crippen molar-refractivity contribution in [2.75, 3.05) is 0 Å². The van der Waals surface area contributed by atoms with E-state index in [1.54, 1.807) is 6.08 Å².